The molecule has 2 aromatic rings. The molecule has 0 unspecified atom stereocenters. The van der Waals surface area contributed by atoms with Crippen LogP contribution in [-0.4, -0.2) is 26.7 Å². The predicted octanol–water partition coefficient (Wildman–Crippen LogP) is 2.75. The van der Waals surface area contributed by atoms with E-state index in [1.54, 1.807) is 5.01 Å². The second kappa shape index (κ2) is 4.30. The lowest BCUT2D eigenvalue weighted by atomic mass is 9.90. The fraction of sp³-hybridized carbons (Fsp3) is 0.467. The summed E-state index contributed by atoms with van der Waals surface area (Å²) in [5, 5.41) is 23.6. The van der Waals surface area contributed by atoms with Crippen molar-refractivity contribution in [1.82, 2.24) is 14.9 Å². The molecule has 0 spiro atoms. The van der Waals surface area contributed by atoms with Crippen molar-refractivity contribution in [3.63, 3.8) is 0 Å². The van der Waals surface area contributed by atoms with Crippen LogP contribution in [0.15, 0.2) is 18.2 Å². The van der Waals surface area contributed by atoms with E-state index in [1.165, 1.54) is 27.7 Å². The van der Waals surface area contributed by atoms with Crippen LogP contribution in [0.5, 0.6) is 0 Å². The molecule has 0 fully saturated rings. The standard InChI is InChI=1S/C15H18N3O2/c1-10-5-6-13-12(9-10)11-3-2-4-14-15(11)16(13)7-8-17(14)18(19)20/h5-6,9,14,19H,2-4,7-8H2,1H3/q-1/t14-/m0/s1. The van der Waals surface area contributed by atoms with E-state index < -0.39 is 0 Å². The summed E-state index contributed by atoms with van der Waals surface area (Å²) in [6, 6.07) is 6.59. The fourth-order valence-electron chi connectivity index (χ4n) is 3.90. The van der Waals surface area contributed by atoms with E-state index in [4.69, 9.17) is 0 Å². The van der Waals surface area contributed by atoms with Crippen molar-refractivity contribution in [2.24, 2.45) is 0 Å². The fourth-order valence-corrected chi connectivity index (χ4v) is 3.90. The molecular weight excluding hydrogens is 254 g/mol. The number of fused-ring (bicyclic) bond motifs is 3. The third-order valence-electron chi connectivity index (χ3n) is 4.72. The van der Waals surface area contributed by atoms with Gasteiger partial charge in [-0.15, -0.1) is 0 Å². The van der Waals surface area contributed by atoms with Crippen LogP contribution in [0.4, 0.5) is 0 Å². The van der Waals surface area contributed by atoms with E-state index in [-0.39, 0.29) is 11.4 Å². The van der Waals surface area contributed by atoms with Gasteiger partial charge in [0.25, 0.3) is 0 Å². The van der Waals surface area contributed by atoms with Crippen LogP contribution in [0.25, 0.3) is 10.9 Å². The van der Waals surface area contributed by atoms with E-state index in [2.05, 4.69) is 29.7 Å². The van der Waals surface area contributed by atoms with Crippen LogP contribution in [-0.2, 0) is 13.0 Å². The van der Waals surface area contributed by atoms with Crippen LogP contribution in [0.1, 0.15) is 35.7 Å². The van der Waals surface area contributed by atoms with Crippen molar-refractivity contribution in [3.8, 4) is 0 Å². The van der Waals surface area contributed by atoms with Crippen LogP contribution in [0.3, 0.4) is 0 Å². The van der Waals surface area contributed by atoms with Gasteiger partial charge in [0.1, 0.15) is 0 Å². The molecule has 1 N–H and O–H groups in total. The number of hydrogen-bond acceptors (Lipinski definition) is 4. The minimum absolute atomic E-state index is 0.0164. The summed E-state index contributed by atoms with van der Waals surface area (Å²) in [5.41, 5.74) is 5.13. The van der Waals surface area contributed by atoms with Crippen molar-refractivity contribution in [3.05, 3.63) is 40.2 Å². The van der Waals surface area contributed by atoms with Gasteiger partial charge in [-0.2, -0.15) is 5.34 Å². The summed E-state index contributed by atoms with van der Waals surface area (Å²) in [6.45, 7) is 3.43. The Bertz CT molecular complexity index is 677. The first-order chi connectivity index (χ1) is 9.66. The Morgan fingerprint density at radius 1 is 1.35 bits per heavy atom. The summed E-state index contributed by atoms with van der Waals surface area (Å²) in [7, 11) is 0. The zero-order chi connectivity index (χ0) is 13.9. The van der Waals surface area contributed by atoms with Crippen molar-refractivity contribution < 1.29 is 5.21 Å². The van der Waals surface area contributed by atoms with E-state index in [1.807, 2.05) is 0 Å². The van der Waals surface area contributed by atoms with E-state index >= 15 is 0 Å². The number of hydrazine groups is 1. The highest BCUT2D eigenvalue weighted by Crippen LogP contribution is 2.42. The molecule has 4 rings (SSSR count). The Morgan fingerprint density at radius 3 is 3.00 bits per heavy atom. The Hall–Kier alpha value is -1.40. The Balaban J connectivity index is 1.98. The Morgan fingerprint density at radius 2 is 2.20 bits per heavy atom. The van der Waals surface area contributed by atoms with Crippen LogP contribution in [0.2, 0.25) is 0 Å². The van der Waals surface area contributed by atoms with Gasteiger partial charge in [0.05, 0.1) is 6.04 Å². The van der Waals surface area contributed by atoms with Crippen LogP contribution >= 0.6 is 0 Å². The van der Waals surface area contributed by atoms with Gasteiger partial charge < -0.3 is 15.0 Å². The molecule has 106 valence electrons. The molecule has 1 aliphatic heterocycles. The molecule has 5 heteroatoms. The SMILES string of the molecule is Cc1ccc2c(c1)c1c3n2CCN(N([O-])O)[C@H]3CCC1. The van der Waals surface area contributed by atoms with Gasteiger partial charge in [-0.05, 0) is 43.9 Å². The third kappa shape index (κ3) is 1.58. The first-order valence-electron chi connectivity index (χ1n) is 7.21. The zero-order valence-electron chi connectivity index (χ0n) is 11.5. The van der Waals surface area contributed by atoms with Gasteiger partial charge in [-0.3, -0.25) is 0 Å². The van der Waals surface area contributed by atoms with Crippen molar-refractivity contribution in [1.29, 1.82) is 0 Å². The maximum Gasteiger partial charge on any atom is 0.0663 e. The van der Waals surface area contributed by atoms with Gasteiger partial charge in [0, 0.05) is 29.7 Å². The lowest BCUT2D eigenvalue weighted by molar-refractivity contribution is -0.233. The number of aromatic nitrogens is 1. The highest BCUT2D eigenvalue weighted by Gasteiger charge is 2.35. The van der Waals surface area contributed by atoms with E-state index in [0.717, 1.165) is 25.8 Å². The summed E-state index contributed by atoms with van der Waals surface area (Å²) >= 11 is 0. The molecular formula is C15H18N3O2-. The molecule has 2 aliphatic rings. The molecule has 0 saturated carbocycles. The maximum atomic E-state index is 11.4. The van der Waals surface area contributed by atoms with Crippen LogP contribution < -0.4 is 0 Å². The highest BCUT2D eigenvalue weighted by atomic mass is 16.8. The number of rotatable bonds is 1. The molecule has 0 saturated heterocycles. The smallest absolute Gasteiger partial charge is 0.0663 e. The molecule has 0 bridgehead atoms. The van der Waals surface area contributed by atoms with Gasteiger partial charge in [-0.1, -0.05) is 11.6 Å². The largest absolute Gasteiger partial charge is 0.748 e. The predicted molar refractivity (Wildman–Crippen MR) is 76.1 cm³/mol. The number of nitrogens with zero attached hydrogens (tertiary/aromatic N) is 3. The lowest BCUT2D eigenvalue weighted by Gasteiger charge is -2.45. The first kappa shape index (κ1) is 12.3. The van der Waals surface area contributed by atoms with Gasteiger partial charge in [-0.25, -0.2) is 5.01 Å². The van der Waals surface area contributed by atoms with E-state index in [9.17, 15) is 10.4 Å². The summed E-state index contributed by atoms with van der Waals surface area (Å²) in [5.74, 6) is 0. The number of hydrogen-bond donors (Lipinski definition) is 1. The molecule has 0 amide bonds. The monoisotopic (exact) mass is 272 g/mol. The van der Waals surface area contributed by atoms with Crippen molar-refractivity contribution in [2.75, 3.05) is 6.54 Å². The minimum atomic E-state index is 0.0164. The number of aryl methyl sites for hydroxylation is 2. The highest BCUT2D eigenvalue weighted by molar-refractivity contribution is 5.87. The average Bonchev–Trinajstić information content (AvgIpc) is 2.75. The second-order valence-corrected chi connectivity index (χ2v) is 5.86. The summed E-state index contributed by atoms with van der Waals surface area (Å²) < 4.78 is 2.34. The zero-order valence-corrected chi connectivity index (χ0v) is 11.5. The molecule has 5 nitrogen and oxygen atoms in total. The first-order valence-corrected chi connectivity index (χ1v) is 7.21. The topological polar surface area (TPSA) is 54.7 Å². The van der Waals surface area contributed by atoms with Gasteiger partial charge in [0.2, 0.25) is 0 Å². The molecule has 1 aromatic carbocycles. The molecule has 1 aliphatic carbocycles. The molecule has 1 atom stereocenters. The Labute approximate surface area is 117 Å². The normalized spacial score (nSPS) is 22.5. The Kier molecular flexibility index (Phi) is 2.65. The van der Waals surface area contributed by atoms with Crippen LogP contribution in [0, 0.1) is 12.1 Å². The van der Waals surface area contributed by atoms with Gasteiger partial charge in [0.15, 0.2) is 0 Å². The summed E-state index contributed by atoms with van der Waals surface area (Å²) in [4.78, 5) is 0. The van der Waals surface area contributed by atoms with E-state index in [0.29, 0.717) is 6.54 Å². The molecule has 2 heterocycles. The molecule has 1 aromatic heterocycles. The lowest BCUT2D eigenvalue weighted by Crippen LogP contribution is -2.46. The third-order valence-corrected chi connectivity index (χ3v) is 4.72. The minimum Gasteiger partial charge on any atom is -0.748 e. The quantitative estimate of drug-likeness (QED) is 0.811. The van der Waals surface area contributed by atoms with Crippen molar-refractivity contribution >= 4 is 10.9 Å². The second-order valence-electron chi connectivity index (χ2n) is 5.86. The molecule has 20 heavy (non-hydrogen) atoms. The molecule has 0 radical (unpaired) electrons. The summed E-state index contributed by atoms with van der Waals surface area (Å²) in [6.07, 6.45) is 3.06. The number of benzene rings is 1. The van der Waals surface area contributed by atoms with Gasteiger partial charge >= 0.3 is 0 Å². The maximum absolute atomic E-state index is 11.4. The van der Waals surface area contributed by atoms with Crippen molar-refractivity contribution in [2.45, 2.75) is 38.8 Å². The average molecular weight is 272 g/mol.